The SMILES string of the molecule is CCN(C)C(=O)c1cc(S(=O)(=O)Cl)c(OC)cc1OC. The Balaban J connectivity index is 3.56. The normalized spacial score (nSPS) is 11.1. The van der Waals surface area contributed by atoms with E-state index in [1.807, 2.05) is 0 Å². The molecular formula is C12H16ClNO5S. The summed E-state index contributed by atoms with van der Waals surface area (Å²) >= 11 is 0. The zero-order valence-electron chi connectivity index (χ0n) is 11.6. The Kier molecular flexibility index (Phi) is 5.24. The summed E-state index contributed by atoms with van der Waals surface area (Å²) in [4.78, 5) is 13.4. The van der Waals surface area contributed by atoms with Crippen molar-refractivity contribution in [2.24, 2.45) is 0 Å². The Morgan fingerprint density at radius 2 is 1.80 bits per heavy atom. The van der Waals surface area contributed by atoms with Crippen molar-refractivity contribution in [1.29, 1.82) is 0 Å². The topological polar surface area (TPSA) is 72.9 Å². The van der Waals surface area contributed by atoms with Crippen molar-refractivity contribution < 1.29 is 22.7 Å². The lowest BCUT2D eigenvalue weighted by Gasteiger charge is -2.18. The highest BCUT2D eigenvalue weighted by Gasteiger charge is 2.24. The number of carbonyl (C=O) groups is 1. The Bertz CT molecular complexity index is 615. The zero-order valence-corrected chi connectivity index (χ0v) is 13.2. The number of nitrogens with zero attached hydrogens (tertiary/aromatic N) is 1. The Hall–Kier alpha value is -1.47. The van der Waals surface area contributed by atoms with E-state index in [4.69, 9.17) is 20.2 Å². The van der Waals surface area contributed by atoms with Crippen LogP contribution in [0.2, 0.25) is 0 Å². The van der Waals surface area contributed by atoms with E-state index in [0.717, 1.165) is 6.07 Å². The van der Waals surface area contributed by atoms with Gasteiger partial charge in [-0.3, -0.25) is 4.79 Å². The van der Waals surface area contributed by atoms with Crippen molar-refractivity contribution in [3.8, 4) is 11.5 Å². The van der Waals surface area contributed by atoms with Gasteiger partial charge in [0.25, 0.3) is 15.0 Å². The fourth-order valence-corrected chi connectivity index (χ4v) is 2.58. The minimum absolute atomic E-state index is 0.0209. The first-order chi connectivity index (χ1) is 9.26. The van der Waals surface area contributed by atoms with Crippen LogP contribution < -0.4 is 9.47 Å². The minimum Gasteiger partial charge on any atom is -0.496 e. The van der Waals surface area contributed by atoms with Crippen LogP contribution in [0.1, 0.15) is 17.3 Å². The molecule has 0 spiro atoms. The monoisotopic (exact) mass is 321 g/mol. The Morgan fingerprint density at radius 1 is 1.25 bits per heavy atom. The molecular weight excluding hydrogens is 306 g/mol. The van der Waals surface area contributed by atoms with Gasteiger partial charge in [-0.05, 0) is 13.0 Å². The summed E-state index contributed by atoms with van der Waals surface area (Å²) in [7, 11) is 5.60. The molecule has 112 valence electrons. The van der Waals surface area contributed by atoms with E-state index in [0.29, 0.717) is 6.54 Å². The van der Waals surface area contributed by atoms with E-state index >= 15 is 0 Å². The molecule has 0 radical (unpaired) electrons. The lowest BCUT2D eigenvalue weighted by atomic mass is 10.1. The average Bonchev–Trinajstić information content (AvgIpc) is 2.42. The van der Waals surface area contributed by atoms with E-state index in [2.05, 4.69) is 0 Å². The number of methoxy groups -OCH3 is 2. The molecule has 1 rings (SSSR count). The number of hydrogen-bond acceptors (Lipinski definition) is 5. The van der Waals surface area contributed by atoms with Gasteiger partial charge in [0.2, 0.25) is 0 Å². The summed E-state index contributed by atoms with van der Waals surface area (Å²) in [5.74, 6) is -0.127. The number of rotatable bonds is 5. The van der Waals surface area contributed by atoms with E-state index in [-0.39, 0.29) is 27.9 Å². The third-order valence-corrected chi connectivity index (χ3v) is 4.14. The standard InChI is InChI=1S/C12H16ClNO5S/c1-5-14(2)12(15)8-6-11(20(13,16)17)10(19-4)7-9(8)18-3/h6-7H,5H2,1-4H3. The molecule has 0 atom stereocenters. The first-order valence-electron chi connectivity index (χ1n) is 5.72. The summed E-state index contributed by atoms with van der Waals surface area (Å²) in [6.45, 7) is 2.27. The van der Waals surface area contributed by atoms with E-state index in [1.165, 1.54) is 25.2 Å². The summed E-state index contributed by atoms with van der Waals surface area (Å²) in [6, 6.07) is 2.49. The van der Waals surface area contributed by atoms with Gasteiger partial charge in [-0.25, -0.2) is 8.42 Å². The predicted octanol–water partition coefficient (Wildman–Crippen LogP) is 1.72. The second-order valence-corrected chi connectivity index (χ2v) is 6.49. The average molecular weight is 322 g/mol. The molecule has 1 aromatic rings. The number of halogens is 1. The van der Waals surface area contributed by atoms with E-state index < -0.39 is 9.05 Å². The van der Waals surface area contributed by atoms with E-state index in [1.54, 1.807) is 14.0 Å². The fraction of sp³-hybridized carbons (Fsp3) is 0.417. The quantitative estimate of drug-likeness (QED) is 0.772. The molecule has 0 unspecified atom stereocenters. The van der Waals surface area contributed by atoms with Crippen molar-refractivity contribution >= 4 is 25.6 Å². The molecule has 0 aromatic heterocycles. The van der Waals surface area contributed by atoms with Gasteiger partial charge >= 0.3 is 0 Å². The van der Waals surface area contributed by atoms with E-state index in [9.17, 15) is 13.2 Å². The number of amides is 1. The maximum Gasteiger partial charge on any atom is 0.265 e. The maximum atomic E-state index is 12.2. The third kappa shape index (κ3) is 3.34. The van der Waals surface area contributed by atoms with Crippen LogP contribution >= 0.6 is 10.7 Å². The molecule has 8 heteroatoms. The van der Waals surface area contributed by atoms with Crippen LogP contribution in [0.3, 0.4) is 0 Å². The Morgan fingerprint density at radius 3 is 2.20 bits per heavy atom. The van der Waals surface area contributed by atoms with Gasteiger partial charge in [0.1, 0.15) is 16.4 Å². The van der Waals surface area contributed by atoms with Gasteiger partial charge in [-0.2, -0.15) is 0 Å². The van der Waals surface area contributed by atoms with Crippen LogP contribution in [0.4, 0.5) is 0 Å². The lowest BCUT2D eigenvalue weighted by molar-refractivity contribution is 0.0798. The highest BCUT2D eigenvalue weighted by Crippen LogP contribution is 2.34. The van der Waals surface area contributed by atoms with Crippen molar-refractivity contribution in [1.82, 2.24) is 4.90 Å². The molecule has 0 aliphatic heterocycles. The second-order valence-electron chi connectivity index (χ2n) is 3.96. The van der Waals surface area contributed by atoms with Gasteiger partial charge in [0.15, 0.2) is 0 Å². The van der Waals surface area contributed by atoms with Gasteiger partial charge < -0.3 is 14.4 Å². The number of hydrogen-bond donors (Lipinski definition) is 0. The number of benzene rings is 1. The van der Waals surface area contributed by atoms with Gasteiger partial charge in [-0.15, -0.1) is 0 Å². The largest absolute Gasteiger partial charge is 0.496 e. The molecule has 0 saturated heterocycles. The summed E-state index contributed by atoms with van der Waals surface area (Å²) in [5.41, 5.74) is 0.108. The lowest BCUT2D eigenvalue weighted by Crippen LogP contribution is -2.26. The molecule has 1 amide bonds. The first kappa shape index (κ1) is 16.6. The first-order valence-corrected chi connectivity index (χ1v) is 8.03. The molecule has 0 bridgehead atoms. The van der Waals surface area contributed by atoms with Crippen molar-refractivity contribution in [2.45, 2.75) is 11.8 Å². The highest BCUT2D eigenvalue weighted by atomic mass is 35.7. The molecule has 0 saturated carbocycles. The van der Waals surface area contributed by atoms with Crippen molar-refractivity contribution in [2.75, 3.05) is 27.8 Å². The van der Waals surface area contributed by atoms with Gasteiger partial charge in [0, 0.05) is 30.3 Å². The van der Waals surface area contributed by atoms with Crippen LogP contribution in [0, 0.1) is 0 Å². The van der Waals surface area contributed by atoms with Crippen molar-refractivity contribution in [3.63, 3.8) is 0 Å². The highest BCUT2D eigenvalue weighted by molar-refractivity contribution is 8.13. The molecule has 0 aliphatic carbocycles. The van der Waals surface area contributed by atoms with Crippen LogP contribution in [0.5, 0.6) is 11.5 Å². The molecule has 0 N–H and O–H groups in total. The maximum absolute atomic E-state index is 12.2. The molecule has 1 aromatic carbocycles. The molecule has 0 aliphatic rings. The zero-order chi connectivity index (χ0) is 15.5. The third-order valence-electron chi connectivity index (χ3n) is 2.80. The van der Waals surface area contributed by atoms with Crippen LogP contribution in [-0.4, -0.2) is 47.0 Å². The fourth-order valence-electron chi connectivity index (χ4n) is 1.58. The van der Waals surface area contributed by atoms with Gasteiger partial charge in [-0.1, -0.05) is 0 Å². The molecule has 0 heterocycles. The second kappa shape index (κ2) is 6.32. The molecule has 6 nitrogen and oxygen atoms in total. The number of carbonyl (C=O) groups excluding carboxylic acids is 1. The molecule has 20 heavy (non-hydrogen) atoms. The number of ether oxygens (including phenoxy) is 2. The van der Waals surface area contributed by atoms with Crippen LogP contribution in [-0.2, 0) is 9.05 Å². The van der Waals surface area contributed by atoms with Crippen molar-refractivity contribution in [3.05, 3.63) is 17.7 Å². The smallest absolute Gasteiger partial charge is 0.265 e. The molecule has 0 fully saturated rings. The Labute approximate surface area is 122 Å². The summed E-state index contributed by atoms with van der Waals surface area (Å²) in [5, 5.41) is 0. The van der Waals surface area contributed by atoms with Crippen LogP contribution in [0.15, 0.2) is 17.0 Å². The summed E-state index contributed by atoms with van der Waals surface area (Å²) in [6.07, 6.45) is 0. The summed E-state index contributed by atoms with van der Waals surface area (Å²) < 4.78 is 33.2. The van der Waals surface area contributed by atoms with Gasteiger partial charge in [0.05, 0.1) is 19.8 Å². The predicted molar refractivity (Wildman–Crippen MR) is 75.2 cm³/mol. The van der Waals surface area contributed by atoms with Crippen LogP contribution in [0.25, 0.3) is 0 Å². The minimum atomic E-state index is -4.04.